The third kappa shape index (κ3) is 3.15. The lowest BCUT2D eigenvalue weighted by atomic mass is 10.3. The fourth-order valence-electron chi connectivity index (χ4n) is 1.46. The number of rotatable bonds is 6. The lowest BCUT2D eigenvalue weighted by Crippen LogP contribution is -2.11. The van der Waals surface area contributed by atoms with E-state index in [4.69, 9.17) is 0 Å². The van der Waals surface area contributed by atoms with Crippen LogP contribution in [0.5, 0.6) is 0 Å². The van der Waals surface area contributed by atoms with Crippen LogP contribution < -0.4 is 5.32 Å². The van der Waals surface area contributed by atoms with Crippen LogP contribution in [0.2, 0.25) is 0 Å². The Hall–Kier alpha value is -1.20. The third-order valence-electron chi connectivity index (χ3n) is 2.31. The molecule has 2 aromatic rings. The summed E-state index contributed by atoms with van der Waals surface area (Å²) in [4.78, 5) is 1.39. The van der Waals surface area contributed by atoms with Crippen molar-refractivity contribution in [2.75, 3.05) is 6.54 Å². The number of hydrogen-bond donors (Lipinski definition) is 1. The van der Waals surface area contributed by atoms with E-state index >= 15 is 0 Å². The van der Waals surface area contributed by atoms with E-state index in [1.54, 1.807) is 11.3 Å². The normalized spacial score (nSPS) is 10.8. The van der Waals surface area contributed by atoms with Crippen molar-refractivity contribution in [3.05, 3.63) is 34.3 Å². The zero-order chi connectivity index (χ0) is 11.2. The lowest BCUT2D eigenvalue weighted by molar-refractivity contribution is 0.592. The van der Waals surface area contributed by atoms with Crippen molar-refractivity contribution in [2.24, 2.45) is 0 Å². The van der Waals surface area contributed by atoms with E-state index in [0.717, 1.165) is 31.7 Å². The molecule has 0 unspecified atom stereocenters. The smallest absolute Gasteiger partial charge is 0.0964 e. The molecule has 0 aliphatic heterocycles. The van der Waals surface area contributed by atoms with Gasteiger partial charge in [0, 0.05) is 30.6 Å². The van der Waals surface area contributed by atoms with E-state index < -0.39 is 0 Å². The summed E-state index contributed by atoms with van der Waals surface area (Å²) in [5.41, 5.74) is 1.01. The Morgan fingerprint density at radius 2 is 2.44 bits per heavy atom. The molecule has 86 valence electrons. The standard InChI is InChI=1S/C11H16N4S/c1-2-12-8-10-9-15(14-13-10)6-5-11-4-3-7-16-11/h3-4,7,9,12H,2,5-6,8H2,1H3. The highest BCUT2D eigenvalue weighted by molar-refractivity contribution is 7.09. The quantitative estimate of drug-likeness (QED) is 0.830. The zero-order valence-corrected chi connectivity index (χ0v) is 10.2. The van der Waals surface area contributed by atoms with E-state index in [2.05, 4.69) is 40.1 Å². The molecule has 0 spiro atoms. The van der Waals surface area contributed by atoms with Crippen LogP contribution in [0, 0.1) is 0 Å². The second-order valence-electron chi connectivity index (χ2n) is 3.58. The molecule has 0 atom stereocenters. The Morgan fingerprint density at radius 1 is 1.50 bits per heavy atom. The number of aromatic nitrogens is 3. The molecular formula is C11H16N4S. The van der Waals surface area contributed by atoms with Gasteiger partial charge in [0.2, 0.25) is 0 Å². The number of thiophene rings is 1. The van der Waals surface area contributed by atoms with Crippen LogP contribution in [-0.2, 0) is 19.5 Å². The molecule has 4 nitrogen and oxygen atoms in total. The Bertz CT molecular complexity index is 407. The largest absolute Gasteiger partial charge is 0.311 e. The summed E-state index contributed by atoms with van der Waals surface area (Å²) in [7, 11) is 0. The minimum absolute atomic E-state index is 0.801. The molecule has 1 N–H and O–H groups in total. The molecule has 0 amide bonds. The van der Waals surface area contributed by atoms with Crippen LogP contribution >= 0.6 is 11.3 Å². The first-order valence-corrected chi connectivity index (χ1v) is 6.38. The van der Waals surface area contributed by atoms with Gasteiger partial charge in [-0.05, 0) is 18.0 Å². The van der Waals surface area contributed by atoms with Crippen LogP contribution in [0.3, 0.4) is 0 Å². The van der Waals surface area contributed by atoms with Crippen molar-refractivity contribution in [3.63, 3.8) is 0 Å². The molecule has 0 bridgehead atoms. The van der Waals surface area contributed by atoms with Gasteiger partial charge < -0.3 is 5.32 Å². The van der Waals surface area contributed by atoms with Crippen molar-refractivity contribution in [2.45, 2.75) is 26.4 Å². The maximum Gasteiger partial charge on any atom is 0.0964 e. The van der Waals surface area contributed by atoms with E-state index in [-0.39, 0.29) is 0 Å². The molecule has 2 heterocycles. The van der Waals surface area contributed by atoms with Gasteiger partial charge in [0.1, 0.15) is 0 Å². The van der Waals surface area contributed by atoms with Gasteiger partial charge in [0.15, 0.2) is 0 Å². The van der Waals surface area contributed by atoms with Crippen LogP contribution in [0.1, 0.15) is 17.5 Å². The highest BCUT2D eigenvalue weighted by atomic mass is 32.1. The first-order valence-electron chi connectivity index (χ1n) is 5.50. The van der Waals surface area contributed by atoms with E-state index in [0.29, 0.717) is 0 Å². The van der Waals surface area contributed by atoms with E-state index in [1.807, 2.05) is 10.9 Å². The summed E-state index contributed by atoms with van der Waals surface area (Å²) in [6, 6.07) is 4.24. The molecule has 0 radical (unpaired) electrons. The third-order valence-corrected chi connectivity index (χ3v) is 3.25. The molecule has 0 aliphatic rings. The van der Waals surface area contributed by atoms with Crippen LogP contribution in [0.25, 0.3) is 0 Å². The van der Waals surface area contributed by atoms with Crippen molar-refractivity contribution >= 4 is 11.3 Å². The van der Waals surface area contributed by atoms with Crippen molar-refractivity contribution < 1.29 is 0 Å². The number of nitrogens with zero attached hydrogens (tertiary/aromatic N) is 3. The van der Waals surface area contributed by atoms with Gasteiger partial charge in [-0.2, -0.15) is 0 Å². The molecule has 0 aliphatic carbocycles. The monoisotopic (exact) mass is 236 g/mol. The molecule has 2 rings (SSSR count). The molecule has 0 aromatic carbocycles. The minimum atomic E-state index is 0.801. The molecule has 0 saturated carbocycles. The average Bonchev–Trinajstić information content (AvgIpc) is 2.95. The van der Waals surface area contributed by atoms with E-state index in [1.165, 1.54) is 4.88 Å². The first kappa shape index (κ1) is 11.3. The molecule has 0 fully saturated rings. The predicted molar refractivity (Wildman–Crippen MR) is 65.4 cm³/mol. The van der Waals surface area contributed by atoms with Crippen molar-refractivity contribution in [3.8, 4) is 0 Å². The summed E-state index contributed by atoms with van der Waals surface area (Å²) >= 11 is 1.79. The van der Waals surface area contributed by atoms with Crippen LogP contribution in [0.4, 0.5) is 0 Å². The maximum absolute atomic E-state index is 4.11. The Kier molecular flexibility index (Phi) is 4.07. The van der Waals surface area contributed by atoms with Gasteiger partial charge in [-0.25, -0.2) is 0 Å². The molecule has 16 heavy (non-hydrogen) atoms. The van der Waals surface area contributed by atoms with Crippen LogP contribution in [-0.4, -0.2) is 21.5 Å². The zero-order valence-electron chi connectivity index (χ0n) is 9.39. The summed E-state index contributed by atoms with van der Waals surface area (Å²) in [6.07, 6.45) is 3.04. The van der Waals surface area contributed by atoms with Crippen LogP contribution in [0.15, 0.2) is 23.7 Å². The second kappa shape index (κ2) is 5.77. The van der Waals surface area contributed by atoms with Gasteiger partial charge in [-0.15, -0.1) is 16.4 Å². The minimum Gasteiger partial charge on any atom is -0.311 e. The highest BCUT2D eigenvalue weighted by Crippen LogP contribution is 2.09. The lowest BCUT2D eigenvalue weighted by Gasteiger charge is -1.97. The molecule has 0 saturated heterocycles. The number of aryl methyl sites for hydroxylation is 2. The Balaban J connectivity index is 1.83. The summed E-state index contributed by atoms with van der Waals surface area (Å²) in [5, 5.41) is 13.5. The number of nitrogens with one attached hydrogen (secondary N) is 1. The van der Waals surface area contributed by atoms with Gasteiger partial charge in [0.05, 0.1) is 5.69 Å². The van der Waals surface area contributed by atoms with E-state index in [9.17, 15) is 0 Å². The summed E-state index contributed by atoms with van der Waals surface area (Å²) in [6.45, 7) is 4.75. The first-order chi connectivity index (χ1) is 7.88. The second-order valence-corrected chi connectivity index (χ2v) is 4.61. The SMILES string of the molecule is CCNCc1cn(CCc2cccs2)nn1. The molecule has 5 heteroatoms. The van der Waals surface area contributed by atoms with Gasteiger partial charge >= 0.3 is 0 Å². The molecular weight excluding hydrogens is 220 g/mol. The van der Waals surface area contributed by atoms with Gasteiger partial charge in [0.25, 0.3) is 0 Å². The average molecular weight is 236 g/mol. The molecule has 2 aromatic heterocycles. The maximum atomic E-state index is 4.11. The van der Waals surface area contributed by atoms with Crippen molar-refractivity contribution in [1.29, 1.82) is 0 Å². The topological polar surface area (TPSA) is 42.7 Å². The summed E-state index contributed by atoms with van der Waals surface area (Å²) < 4.78 is 1.91. The van der Waals surface area contributed by atoms with Gasteiger partial charge in [-0.1, -0.05) is 18.2 Å². The van der Waals surface area contributed by atoms with Crippen molar-refractivity contribution in [1.82, 2.24) is 20.3 Å². The Labute approximate surface area is 99.3 Å². The number of hydrogen-bond acceptors (Lipinski definition) is 4. The highest BCUT2D eigenvalue weighted by Gasteiger charge is 2.00. The predicted octanol–water partition coefficient (Wildman–Crippen LogP) is 1.69. The Morgan fingerprint density at radius 3 is 3.19 bits per heavy atom. The summed E-state index contributed by atoms with van der Waals surface area (Å²) in [5.74, 6) is 0. The fourth-order valence-corrected chi connectivity index (χ4v) is 2.16. The fraction of sp³-hybridized carbons (Fsp3) is 0.455. The van der Waals surface area contributed by atoms with Gasteiger partial charge in [-0.3, -0.25) is 4.68 Å².